The van der Waals surface area contributed by atoms with E-state index >= 15 is 0 Å². The van der Waals surface area contributed by atoms with Crippen molar-refractivity contribution < 1.29 is 4.42 Å². The number of aryl methyl sites for hydroxylation is 1. The van der Waals surface area contributed by atoms with Crippen LogP contribution in [0.2, 0.25) is 5.22 Å². The number of hydrogen-bond acceptors (Lipinski definition) is 2. The fourth-order valence-electron chi connectivity index (χ4n) is 2.24. The Morgan fingerprint density at radius 2 is 1.84 bits per heavy atom. The van der Waals surface area contributed by atoms with Gasteiger partial charge >= 0.3 is 0 Å². The average Bonchev–Trinajstić information content (AvgIpc) is 2.84. The van der Waals surface area contributed by atoms with Crippen LogP contribution in [0.3, 0.4) is 0 Å². The zero-order valence-corrected chi connectivity index (χ0v) is 12.2. The third kappa shape index (κ3) is 3.62. The zero-order chi connectivity index (χ0) is 13.7. The maximum Gasteiger partial charge on any atom is 0.193 e. The van der Waals surface area contributed by atoms with Crippen LogP contribution in [-0.2, 0) is 6.42 Å². The van der Waals surface area contributed by atoms with Crippen LogP contribution in [-0.4, -0.2) is 6.54 Å². The van der Waals surface area contributed by atoms with Gasteiger partial charge in [0.2, 0.25) is 0 Å². The zero-order valence-electron chi connectivity index (χ0n) is 11.4. The van der Waals surface area contributed by atoms with Crippen LogP contribution in [0, 0.1) is 0 Å². The van der Waals surface area contributed by atoms with Crippen molar-refractivity contribution in [1.82, 2.24) is 5.32 Å². The Balaban J connectivity index is 2.23. The smallest absolute Gasteiger partial charge is 0.193 e. The number of halogens is 1. The molecule has 0 saturated heterocycles. The molecule has 102 valence electrons. The highest BCUT2D eigenvalue weighted by molar-refractivity contribution is 6.28. The maximum atomic E-state index is 5.86. The van der Waals surface area contributed by atoms with Crippen LogP contribution in [0.1, 0.15) is 43.2 Å². The second-order valence-electron chi connectivity index (χ2n) is 4.62. The van der Waals surface area contributed by atoms with E-state index in [-0.39, 0.29) is 6.04 Å². The number of rotatable bonds is 6. The normalized spacial score (nSPS) is 12.6. The molecule has 2 aromatic rings. The van der Waals surface area contributed by atoms with E-state index in [4.69, 9.17) is 16.0 Å². The van der Waals surface area contributed by atoms with Gasteiger partial charge in [0, 0.05) is 0 Å². The molecule has 2 rings (SSSR count). The van der Waals surface area contributed by atoms with Gasteiger partial charge in [-0.3, -0.25) is 0 Å². The minimum Gasteiger partial charge on any atom is -0.448 e. The SMILES string of the molecule is CCCc1ccc(C(NCC)c2ccc(Cl)o2)cc1. The molecule has 0 amide bonds. The van der Waals surface area contributed by atoms with Crippen LogP contribution in [0.15, 0.2) is 40.8 Å². The molecule has 0 aliphatic carbocycles. The average molecular weight is 278 g/mol. The van der Waals surface area contributed by atoms with E-state index in [1.165, 1.54) is 17.5 Å². The summed E-state index contributed by atoms with van der Waals surface area (Å²) in [6, 6.07) is 12.5. The molecule has 0 saturated carbocycles. The van der Waals surface area contributed by atoms with Gasteiger partial charge in [-0.05, 0) is 47.8 Å². The molecule has 0 spiro atoms. The van der Waals surface area contributed by atoms with Crippen molar-refractivity contribution in [3.05, 3.63) is 58.5 Å². The van der Waals surface area contributed by atoms with Crippen LogP contribution in [0.4, 0.5) is 0 Å². The van der Waals surface area contributed by atoms with Crippen LogP contribution < -0.4 is 5.32 Å². The van der Waals surface area contributed by atoms with Gasteiger partial charge in [0.25, 0.3) is 0 Å². The Bertz CT molecular complexity index is 504. The van der Waals surface area contributed by atoms with Crippen molar-refractivity contribution in [1.29, 1.82) is 0 Å². The first-order valence-electron chi connectivity index (χ1n) is 6.82. The highest BCUT2D eigenvalue weighted by Crippen LogP contribution is 2.26. The molecular formula is C16H20ClNO. The molecule has 0 fully saturated rings. The summed E-state index contributed by atoms with van der Waals surface area (Å²) >= 11 is 5.86. The first-order chi connectivity index (χ1) is 9.24. The third-order valence-corrected chi connectivity index (χ3v) is 3.34. The molecule has 0 aliphatic heterocycles. The summed E-state index contributed by atoms with van der Waals surface area (Å²) < 4.78 is 5.53. The number of nitrogens with one attached hydrogen (secondary N) is 1. The van der Waals surface area contributed by atoms with Gasteiger partial charge in [0.15, 0.2) is 5.22 Å². The van der Waals surface area contributed by atoms with Gasteiger partial charge in [-0.25, -0.2) is 0 Å². The highest BCUT2D eigenvalue weighted by Gasteiger charge is 2.16. The summed E-state index contributed by atoms with van der Waals surface area (Å²) in [6.07, 6.45) is 2.29. The highest BCUT2D eigenvalue weighted by atomic mass is 35.5. The van der Waals surface area contributed by atoms with Gasteiger partial charge < -0.3 is 9.73 Å². The van der Waals surface area contributed by atoms with E-state index < -0.39 is 0 Å². The Kier molecular flexibility index (Phi) is 5.06. The summed E-state index contributed by atoms with van der Waals surface area (Å²) in [7, 11) is 0. The molecule has 1 N–H and O–H groups in total. The predicted octanol–water partition coefficient (Wildman–Crippen LogP) is 4.58. The van der Waals surface area contributed by atoms with Crippen molar-refractivity contribution >= 4 is 11.6 Å². The lowest BCUT2D eigenvalue weighted by molar-refractivity contribution is 0.453. The molecule has 0 bridgehead atoms. The lowest BCUT2D eigenvalue weighted by atomic mass is 10.0. The summed E-state index contributed by atoms with van der Waals surface area (Å²) in [5.41, 5.74) is 2.58. The van der Waals surface area contributed by atoms with Crippen LogP contribution >= 0.6 is 11.6 Å². The van der Waals surface area contributed by atoms with E-state index in [0.29, 0.717) is 5.22 Å². The quantitative estimate of drug-likeness (QED) is 0.836. The molecule has 1 aromatic heterocycles. The maximum absolute atomic E-state index is 5.86. The molecule has 1 heterocycles. The first kappa shape index (κ1) is 14.2. The van der Waals surface area contributed by atoms with Gasteiger partial charge in [0.05, 0.1) is 6.04 Å². The molecule has 1 aromatic carbocycles. The molecule has 2 nitrogen and oxygen atoms in total. The lowest BCUT2D eigenvalue weighted by Gasteiger charge is -2.16. The summed E-state index contributed by atoms with van der Waals surface area (Å²) in [5, 5.41) is 3.86. The minimum absolute atomic E-state index is 0.0631. The predicted molar refractivity (Wildman–Crippen MR) is 79.7 cm³/mol. The molecule has 1 atom stereocenters. The molecule has 3 heteroatoms. The van der Waals surface area contributed by atoms with Gasteiger partial charge in [-0.2, -0.15) is 0 Å². The molecular weight excluding hydrogens is 258 g/mol. The second kappa shape index (κ2) is 6.78. The van der Waals surface area contributed by atoms with E-state index in [9.17, 15) is 0 Å². The van der Waals surface area contributed by atoms with Gasteiger partial charge in [-0.15, -0.1) is 0 Å². The van der Waals surface area contributed by atoms with Crippen molar-refractivity contribution in [3.63, 3.8) is 0 Å². The summed E-state index contributed by atoms with van der Waals surface area (Å²) in [5.74, 6) is 0.857. The monoisotopic (exact) mass is 277 g/mol. The number of hydrogen-bond donors (Lipinski definition) is 1. The fourth-order valence-corrected chi connectivity index (χ4v) is 2.39. The van der Waals surface area contributed by atoms with E-state index in [1.807, 2.05) is 6.07 Å². The standard InChI is InChI=1S/C16H20ClNO/c1-3-5-12-6-8-13(9-7-12)16(18-4-2)14-10-11-15(17)19-14/h6-11,16,18H,3-5H2,1-2H3. The first-order valence-corrected chi connectivity index (χ1v) is 7.19. The summed E-state index contributed by atoms with van der Waals surface area (Å²) in [4.78, 5) is 0. The topological polar surface area (TPSA) is 25.2 Å². The minimum atomic E-state index is 0.0631. The molecule has 0 radical (unpaired) electrons. The van der Waals surface area contributed by atoms with Crippen LogP contribution in [0.25, 0.3) is 0 Å². The Hall–Kier alpha value is -1.25. The van der Waals surface area contributed by atoms with Crippen molar-refractivity contribution in [3.8, 4) is 0 Å². The van der Waals surface area contributed by atoms with E-state index in [2.05, 4.69) is 43.4 Å². The van der Waals surface area contributed by atoms with Gasteiger partial charge in [-0.1, -0.05) is 44.5 Å². The van der Waals surface area contributed by atoms with E-state index in [1.54, 1.807) is 6.07 Å². The Morgan fingerprint density at radius 3 is 2.37 bits per heavy atom. The lowest BCUT2D eigenvalue weighted by Crippen LogP contribution is -2.21. The van der Waals surface area contributed by atoms with E-state index in [0.717, 1.165) is 18.7 Å². The van der Waals surface area contributed by atoms with Crippen molar-refractivity contribution in [2.24, 2.45) is 0 Å². The Morgan fingerprint density at radius 1 is 1.11 bits per heavy atom. The van der Waals surface area contributed by atoms with Crippen molar-refractivity contribution in [2.75, 3.05) is 6.54 Å². The number of furan rings is 1. The van der Waals surface area contributed by atoms with Crippen molar-refractivity contribution in [2.45, 2.75) is 32.7 Å². The molecule has 19 heavy (non-hydrogen) atoms. The summed E-state index contributed by atoms with van der Waals surface area (Å²) in [6.45, 7) is 5.16. The number of benzene rings is 1. The fraction of sp³-hybridized carbons (Fsp3) is 0.375. The third-order valence-electron chi connectivity index (χ3n) is 3.14. The molecule has 1 unspecified atom stereocenters. The van der Waals surface area contributed by atoms with Crippen LogP contribution in [0.5, 0.6) is 0 Å². The largest absolute Gasteiger partial charge is 0.448 e. The Labute approximate surface area is 119 Å². The van der Waals surface area contributed by atoms with Gasteiger partial charge in [0.1, 0.15) is 5.76 Å². The second-order valence-corrected chi connectivity index (χ2v) is 5.00. The molecule has 0 aliphatic rings.